The molecule has 5 amide bonds. The number of carboxylic acid groups (broad SMARTS) is 2. The van der Waals surface area contributed by atoms with Crippen LogP contribution in [0.15, 0.2) is 48.5 Å². The first kappa shape index (κ1) is 46.4. The topological polar surface area (TPSA) is 327 Å². The summed E-state index contributed by atoms with van der Waals surface area (Å²) in [5.41, 5.74) is 6.54. The Morgan fingerprint density at radius 2 is 1.02 bits per heavy atom. The minimum Gasteiger partial charge on any atom is -0.508 e. The normalized spacial score (nSPS) is 15.9. The van der Waals surface area contributed by atoms with E-state index in [1.54, 1.807) is 13.8 Å². The van der Waals surface area contributed by atoms with Gasteiger partial charge in [0, 0.05) is 19.3 Å². The Morgan fingerprint density at radius 1 is 0.589 bits per heavy atom. The Balaban J connectivity index is 2.40. The van der Waals surface area contributed by atoms with Crippen LogP contribution in [-0.2, 0) is 46.4 Å². The van der Waals surface area contributed by atoms with Crippen molar-refractivity contribution >= 4 is 41.5 Å². The summed E-state index contributed by atoms with van der Waals surface area (Å²) in [7, 11) is 0. The molecule has 0 saturated carbocycles. The molecule has 0 aliphatic heterocycles. The molecular formula is C37H52N6O13. The lowest BCUT2D eigenvalue weighted by atomic mass is 9.96. The third kappa shape index (κ3) is 14.8. The van der Waals surface area contributed by atoms with Gasteiger partial charge in [-0.1, -0.05) is 44.5 Å². The van der Waals surface area contributed by atoms with Crippen LogP contribution in [-0.4, -0.2) is 121 Å². The number of rotatable bonds is 22. The van der Waals surface area contributed by atoms with Crippen LogP contribution in [0, 0.1) is 5.92 Å². The van der Waals surface area contributed by atoms with Crippen molar-refractivity contribution in [3.63, 3.8) is 0 Å². The second-order valence-electron chi connectivity index (χ2n) is 13.6. The average molecular weight is 789 g/mol. The number of nitrogens with two attached hydrogens (primary N) is 1. The van der Waals surface area contributed by atoms with Crippen LogP contribution in [0.4, 0.5) is 0 Å². The van der Waals surface area contributed by atoms with Crippen molar-refractivity contribution < 1.29 is 64.2 Å². The number of aliphatic carboxylic acids is 2. The van der Waals surface area contributed by atoms with Gasteiger partial charge in [0.2, 0.25) is 29.5 Å². The molecule has 0 bridgehead atoms. The number of aromatic hydroxyl groups is 2. The average Bonchev–Trinajstić information content (AvgIpc) is 3.14. The lowest BCUT2D eigenvalue weighted by Gasteiger charge is -2.30. The molecule has 9 atom stereocenters. The van der Waals surface area contributed by atoms with Gasteiger partial charge in [-0.15, -0.1) is 0 Å². The van der Waals surface area contributed by atoms with Crippen LogP contribution in [0.1, 0.15) is 58.1 Å². The smallest absolute Gasteiger partial charge is 0.326 e. The highest BCUT2D eigenvalue weighted by atomic mass is 16.4. The number of carbonyl (C=O) groups excluding carboxylic acids is 5. The zero-order valence-corrected chi connectivity index (χ0v) is 31.5. The lowest BCUT2D eigenvalue weighted by molar-refractivity contribution is -0.143. The molecule has 13 N–H and O–H groups in total. The van der Waals surface area contributed by atoms with Crippen LogP contribution in [0.2, 0.25) is 0 Å². The highest BCUT2D eigenvalue weighted by Gasteiger charge is 2.36. The summed E-state index contributed by atoms with van der Waals surface area (Å²) < 4.78 is 0. The number of benzene rings is 2. The van der Waals surface area contributed by atoms with Crippen molar-refractivity contribution in [2.24, 2.45) is 11.7 Å². The van der Waals surface area contributed by atoms with Crippen LogP contribution in [0.25, 0.3) is 0 Å². The maximum atomic E-state index is 13.9. The molecular weight excluding hydrogens is 736 g/mol. The summed E-state index contributed by atoms with van der Waals surface area (Å²) >= 11 is 0. The van der Waals surface area contributed by atoms with Gasteiger partial charge in [0.1, 0.15) is 47.8 Å². The molecule has 2 aromatic rings. The van der Waals surface area contributed by atoms with E-state index in [1.165, 1.54) is 62.4 Å². The van der Waals surface area contributed by atoms with Crippen molar-refractivity contribution in [2.45, 2.75) is 108 Å². The Hall–Kier alpha value is -5.79. The number of hydrogen-bond acceptors (Lipinski definition) is 12. The van der Waals surface area contributed by atoms with Crippen molar-refractivity contribution in [3.05, 3.63) is 59.7 Å². The molecule has 0 aromatic heterocycles. The molecule has 0 saturated heterocycles. The molecule has 19 nitrogen and oxygen atoms in total. The van der Waals surface area contributed by atoms with E-state index < -0.39 is 109 Å². The van der Waals surface area contributed by atoms with Gasteiger partial charge in [-0.3, -0.25) is 28.8 Å². The Bertz CT molecular complexity index is 1670. The Labute approximate surface area is 323 Å². The third-order valence-corrected chi connectivity index (χ3v) is 8.96. The molecule has 0 aliphatic rings. The first-order valence-corrected chi connectivity index (χ1v) is 17.9. The number of amides is 5. The van der Waals surface area contributed by atoms with Crippen molar-refractivity contribution in [3.8, 4) is 11.5 Å². The fourth-order valence-electron chi connectivity index (χ4n) is 5.31. The minimum atomic E-state index is -1.71. The predicted octanol–water partition coefficient (Wildman–Crippen LogP) is -1.61. The van der Waals surface area contributed by atoms with E-state index in [0.717, 1.165) is 0 Å². The second kappa shape index (κ2) is 21.9. The number of carbonyl (C=O) groups is 7. The number of phenolic OH excluding ortho intramolecular Hbond substituents is 2. The second-order valence-corrected chi connectivity index (χ2v) is 13.6. The molecule has 308 valence electrons. The maximum Gasteiger partial charge on any atom is 0.326 e. The van der Waals surface area contributed by atoms with Crippen molar-refractivity contribution in [1.82, 2.24) is 26.6 Å². The van der Waals surface area contributed by atoms with E-state index in [-0.39, 0.29) is 24.3 Å². The summed E-state index contributed by atoms with van der Waals surface area (Å²) in [5, 5.41) is 70.8. The standard InChI is InChI=1S/C37H52N6O13/c1-5-18(2)30(42-34(52)29(38)19(3)44)35(53)43-31(20(4)45)36(54)40-26(16-21-6-10-23(46)11-7-21)33(51)39-25(14-15-28(48)49)32(50)41-27(37(55)56)17-22-8-12-24(47)13-9-22/h6-13,18-20,25-27,29-31,44-47H,5,14-17,38H2,1-4H3,(H,39,51)(H,40,54)(H,41,50)(H,42,52)(H,43,53)(H,48,49)(H,55,56)/t18-,19+,20+,25-,26-,27-,29-,30-,31-/m0/s1. The van der Waals surface area contributed by atoms with Gasteiger partial charge in [0.15, 0.2) is 0 Å². The highest BCUT2D eigenvalue weighted by Crippen LogP contribution is 2.15. The molecule has 2 aromatic carbocycles. The zero-order chi connectivity index (χ0) is 42.3. The van der Waals surface area contributed by atoms with Crippen molar-refractivity contribution in [2.75, 3.05) is 0 Å². The summed E-state index contributed by atoms with van der Waals surface area (Å²) in [6, 6.07) is 1.92. The molecule has 0 unspecified atom stereocenters. The van der Waals surface area contributed by atoms with E-state index >= 15 is 0 Å². The van der Waals surface area contributed by atoms with Gasteiger partial charge in [0.05, 0.1) is 12.2 Å². The van der Waals surface area contributed by atoms with Crippen LogP contribution >= 0.6 is 0 Å². The van der Waals surface area contributed by atoms with Gasteiger partial charge in [-0.25, -0.2) is 4.79 Å². The van der Waals surface area contributed by atoms with Gasteiger partial charge in [-0.05, 0) is 61.6 Å². The number of nitrogens with one attached hydrogen (secondary N) is 5. The number of phenols is 2. The molecule has 0 spiro atoms. The van der Waals surface area contributed by atoms with Gasteiger partial charge in [0.25, 0.3) is 0 Å². The molecule has 0 heterocycles. The highest BCUT2D eigenvalue weighted by molar-refractivity contribution is 5.97. The Kier molecular flexibility index (Phi) is 18.2. The van der Waals surface area contributed by atoms with Gasteiger partial charge in [-0.2, -0.15) is 0 Å². The predicted molar refractivity (Wildman–Crippen MR) is 199 cm³/mol. The van der Waals surface area contributed by atoms with Crippen LogP contribution in [0.3, 0.4) is 0 Å². The van der Waals surface area contributed by atoms with E-state index in [1.807, 2.05) is 0 Å². The van der Waals surface area contributed by atoms with Crippen molar-refractivity contribution in [1.29, 1.82) is 0 Å². The fraction of sp³-hybridized carbons (Fsp3) is 0.486. The molecule has 2 rings (SSSR count). The Morgan fingerprint density at radius 3 is 1.46 bits per heavy atom. The van der Waals surface area contributed by atoms with E-state index in [4.69, 9.17) is 5.73 Å². The summed E-state index contributed by atoms with van der Waals surface area (Å²) in [5.74, 6) is -8.38. The van der Waals surface area contributed by atoms with Crippen LogP contribution < -0.4 is 32.3 Å². The van der Waals surface area contributed by atoms with E-state index in [2.05, 4.69) is 26.6 Å². The maximum absolute atomic E-state index is 13.9. The molecule has 0 aliphatic carbocycles. The SMILES string of the molecule is CC[C@H](C)[C@H](NC(=O)[C@@H](N)[C@@H](C)O)C(=O)N[C@H](C(=O)N[C@@H](Cc1ccc(O)cc1)C(=O)N[C@@H](CCC(=O)O)C(=O)N[C@@H](Cc1ccc(O)cc1)C(=O)O)[C@@H](C)O. The largest absolute Gasteiger partial charge is 0.508 e. The number of carboxylic acids is 2. The number of aliphatic hydroxyl groups is 2. The number of hydrogen-bond donors (Lipinski definition) is 12. The molecule has 19 heteroatoms. The van der Waals surface area contributed by atoms with Gasteiger partial charge >= 0.3 is 11.9 Å². The van der Waals surface area contributed by atoms with Crippen LogP contribution in [0.5, 0.6) is 11.5 Å². The zero-order valence-electron chi connectivity index (χ0n) is 31.5. The fourth-order valence-corrected chi connectivity index (χ4v) is 5.31. The van der Waals surface area contributed by atoms with E-state index in [0.29, 0.717) is 17.5 Å². The summed E-state index contributed by atoms with van der Waals surface area (Å²) in [4.78, 5) is 90.7. The molecule has 56 heavy (non-hydrogen) atoms. The summed E-state index contributed by atoms with van der Waals surface area (Å²) in [6.07, 6.45) is -4.08. The minimum absolute atomic E-state index is 0.0740. The monoisotopic (exact) mass is 788 g/mol. The number of aliphatic hydroxyl groups excluding tert-OH is 2. The first-order chi connectivity index (χ1) is 26.2. The van der Waals surface area contributed by atoms with Gasteiger partial charge < -0.3 is 63.0 Å². The third-order valence-electron chi connectivity index (χ3n) is 8.96. The lowest BCUT2D eigenvalue weighted by Crippen LogP contribution is -2.62. The quantitative estimate of drug-likeness (QED) is 0.0639. The first-order valence-electron chi connectivity index (χ1n) is 17.9. The molecule has 0 fully saturated rings. The molecule has 0 radical (unpaired) electrons. The van der Waals surface area contributed by atoms with E-state index in [9.17, 15) is 64.2 Å². The summed E-state index contributed by atoms with van der Waals surface area (Å²) in [6.45, 7) is 5.84.